The molecule has 1 heterocycles. The van der Waals surface area contributed by atoms with Crippen LogP contribution >= 0.6 is 0 Å². The molecule has 1 aliphatic heterocycles. The maximum absolute atomic E-state index is 9.54. The fraction of sp³-hybridized carbons (Fsp3) is 0.600. The van der Waals surface area contributed by atoms with Crippen LogP contribution in [0.5, 0.6) is 0 Å². The van der Waals surface area contributed by atoms with Gasteiger partial charge in [-0.3, -0.25) is 0 Å². The molecule has 0 aliphatic carbocycles. The van der Waals surface area contributed by atoms with Gasteiger partial charge >= 0.3 is 0 Å². The Labute approximate surface area is 104 Å². The SMILES string of the molecule is CCC(C)(CO)CN1CCCc2ccccc21. The van der Waals surface area contributed by atoms with Crippen molar-refractivity contribution in [3.05, 3.63) is 29.8 Å². The van der Waals surface area contributed by atoms with E-state index in [2.05, 4.69) is 43.0 Å². The summed E-state index contributed by atoms with van der Waals surface area (Å²) in [5.41, 5.74) is 2.84. The fourth-order valence-electron chi connectivity index (χ4n) is 2.51. The topological polar surface area (TPSA) is 23.5 Å². The highest BCUT2D eigenvalue weighted by Gasteiger charge is 2.26. The van der Waals surface area contributed by atoms with Crippen LogP contribution < -0.4 is 4.90 Å². The lowest BCUT2D eigenvalue weighted by Gasteiger charge is -2.38. The minimum absolute atomic E-state index is 0.0183. The van der Waals surface area contributed by atoms with Gasteiger partial charge in [-0.2, -0.15) is 0 Å². The largest absolute Gasteiger partial charge is 0.396 e. The summed E-state index contributed by atoms with van der Waals surface area (Å²) in [6.45, 7) is 6.67. The molecule has 0 fully saturated rings. The molecular formula is C15H23NO. The molecular weight excluding hydrogens is 210 g/mol. The van der Waals surface area contributed by atoms with Crippen LogP contribution in [0.4, 0.5) is 5.69 Å². The van der Waals surface area contributed by atoms with Crippen LogP contribution in [0.15, 0.2) is 24.3 Å². The molecule has 1 aliphatic rings. The Morgan fingerprint density at radius 3 is 2.82 bits per heavy atom. The van der Waals surface area contributed by atoms with Crippen LogP contribution in [0.2, 0.25) is 0 Å². The standard InChI is InChI=1S/C15H23NO/c1-3-15(2,12-17)11-16-10-6-8-13-7-4-5-9-14(13)16/h4-5,7,9,17H,3,6,8,10-12H2,1-2H3. The van der Waals surface area contributed by atoms with Gasteiger partial charge in [-0.1, -0.05) is 32.0 Å². The average Bonchev–Trinajstić information content (AvgIpc) is 2.39. The second-order valence-corrected chi connectivity index (χ2v) is 5.48. The first-order chi connectivity index (χ1) is 8.18. The first kappa shape index (κ1) is 12.4. The number of hydrogen-bond donors (Lipinski definition) is 1. The van der Waals surface area contributed by atoms with Gasteiger partial charge in [0.25, 0.3) is 0 Å². The van der Waals surface area contributed by atoms with Gasteiger partial charge in [0.15, 0.2) is 0 Å². The van der Waals surface area contributed by atoms with E-state index in [-0.39, 0.29) is 12.0 Å². The van der Waals surface area contributed by atoms with Gasteiger partial charge in [0.2, 0.25) is 0 Å². The molecule has 17 heavy (non-hydrogen) atoms. The monoisotopic (exact) mass is 233 g/mol. The molecule has 2 rings (SSSR count). The summed E-state index contributed by atoms with van der Waals surface area (Å²) in [5.74, 6) is 0. The molecule has 0 spiro atoms. The van der Waals surface area contributed by atoms with E-state index in [0.29, 0.717) is 0 Å². The number of nitrogens with zero attached hydrogens (tertiary/aromatic N) is 1. The fourth-order valence-corrected chi connectivity index (χ4v) is 2.51. The van der Waals surface area contributed by atoms with Crippen molar-refractivity contribution >= 4 is 5.69 Å². The molecule has 1 atom stereocenters. The number of rotatable bonds is 4. The lowest BCUT2D eigenvalue weighted by atomic mass is 9.87. The van der Waals surface area contributed by atoms with E-state index in [1.807, 2.05) is 0 Å². The van der Waals surface area contributed by atoms with Gasteiger partial charge in [-0.05, 0) is 30.9 Å². The third-order valence-corrected chi connectivity index (χ3v) is 4.01. The molecule has 2 nitrogen and oxygen atoms in total. The second kappa shape index (κ2) is 5.09. The molecule has 0 aromatic heterocycles. The highest BCUT2D eigenvalue weighted by molar-refractivity contribution is 5.55. The van der Waals surface area contributed by atoms with E-state index in [1.165, 1.54) is 24.1 Å². The highest BCUT2D eigenvalue weighted by Crippen LogP contribution is 2.31. The van der Waals surface area contributed by atoms with Crippen LogP contribution in [0.3, 0.4) is 0 Å². The van der Waals surface area contributed by atoms with Crippen LogP contribution in [-0.4, -0.2) is 24.8 Å². The molecule has 0 bridgehead atoms. The summed E-state index contributed by atoms with van der Waals surface area (Å²) < 4.78 is 0. The van der Waals surface area contributed by atoms with E-state index >= 15 is 0 Å². The van der Waals surface area contributed by atoms with Crippen LogP contribution in [0.1, 0.15) is 32.3 Å². The Bertz CT molecular complexity index is 371. The molecule has 1 unspecified atom stereocenters. The highest BCUT2D eigenvalue weighted by atomic mass is 16.3. The molecule has 0 radical (unpaired) electrons. The van der Waals surface area contributed by atoms with Crippen LogP contribution in [-0.2, 0) is 6.42 Å². The van der Waals surface area contributed by atoms with Crippen molar-refractivity contribution in [2.24, 2.45) is 5.41 Å². The van der Waals surface area contributed by atoms with E-state index in [0.717, 1.165) is 19.5 Å². The van der Waals surface area contributed by atoms with E-state index < -0.39 is 0 Å². The second-order valence-electron chi connectivity index (χ2n) is 5.48. The quantitative estimate of drug-likeness (QED) is 0.864. The summed E-state index contributed by atoms with van der Waals surface area (Å²) in [6, 6.07) is 8.67. The smallest absolute Gasteiger partial charge is 0.0501 e. The number of aryl methyl sites for hydroxylation is 1. The minimum Gasteiger partial charge on any atom is -0.396 e. The van der Waals surface area contributed by atoms with Gasteiger partial charge < -0.3 is 10.0 Å². The normalized spacial score (nSPS) is 18.6. The molecule has 1 aromatic rings. The van der Waals surface area contributed by atoms with Gasteiger partial charge in [-0.25, -0.2) is 0 Å². The molecule has 2 heteroatoms. The Morgan fingerprint density at radius 2 is 2.12 bits per heavy atom. The Hall–Kier alpha value is -1.02. The summed E-state index contributed by atoms with van der Waals surface area (Å²) >= 11 is 0. The number of para-hydroxylation sites is 1. The maximum atomic E-state index is 9.54. The number of anilines is 1. The molecule has 94 valence electrons. The molecule has 1 aromatic carbocycles. The van der Waals surface area contributed by atoms with E-state index in [9.17, 15) is 5.11 Å². The van der Waals surface area contributed by atoms with Crippen molar-refractivity contribution in [2.75, 3.05) is 24.6 Å². The molecule has 0 saturated heterocycles. The summed E-state index contributed by atoms with van der Waals surface area (Å²) in [6.07, 6.45) is 3.43. The number of benzene rings is 1. The number of aliphatic hydroxyl groups is 1. The molecule has 0 amide bonds. The number of hydrogen-bond acceptors (Lipinski definition) is 2. The van der Waals surface area contributed by atoms with E-state index in [4.69, 9.17) is 0 Å². The van der Waals surface area contributed by atoms with Crippen molar-refractivity contribution in [2.45, 2.75) is 33.1 Å². The maximum Gasteiger partial charge on any atom is 0.0501 e. The third kappa shape index (κ3) is 2.63. The van der Waals surface area contributed by atoms with Crippen molar-refractivity contribution in [3.8, 4) is 0 Å². The van der Waals surface area contributed by atoms with Gasteiger partial charge in [0, 0.05) is 24.2 Å². The zero-order valence-corrected chi connectivity index (χ0v) is 10.9. The Kier molecular flexibility index (Phi) is 3.72. The Balaban J connectivity index is 2.19. The predicted molar refractivity (Wildman–Crippen MR) is 72.5 cm³/mol. The number of aliphatic hydroxyl groups excluding tert-OH is 1. The summed E-state index contributed by atoms with van der Waals surface area (Å²) in [5, 5.41) is 9.54. The summed E-state index contributed by atoms with van der Waals surface area (Å²) in [7, 11) is 0. The van der Waals surface area contributed by atoms with E-state index in [1.54, 1.807) is 0 Å². The average molecular weight is 233 g/mol. The lowest BCUT2D eigenvalue weighted by molar-refractivity contribution is 0.142. The zero-order valence-electron chi connectivity index (χ0n) is 10.9. The van der Waals surface area contributed by atoms with Gasteiger partial charge in [0.1, 0.15) is 0 Å². The van der Waals surface area contributed by atoms with Gasteiger partial charge in [-0.15, -0.1) is 0 Å². The third-order valence-electron chi connectivity index (χ3n) is 4.01. The lowest BCUT2D eigenvalue weighted by Crippen LogP contribution is -2.40. The minimum atomic E-state index is 0.0183. The first-order valence-corrected chi connectivity index (χ1v) is 6.62. The van der Waals surface area contributed by atoms with Crippen LogP contribution in [0.25, 0.3) is 0 Å². The van der Waals surface area contributed by atoms with Crippen molar-refractivity contribution in [1.29, 1.82) is 0 Å². The number of fused-ring (bicyclic) bond motifs is 1. The van der Waals surface area contributed by atoms with Crippen LogP contribution in [0, 0.1) is 5.41 Å². The van der Waals surface area contributed by atoms with Gasteiger partial charge in [0.05, 0.1) is 6.61 Å². The molecule has 1 N–H and O–H groups in total. The van der Waals surface area contributed by atoms with Crippen molar-refractivity contribution in [3.63, 3.8) is 0 Å². The first-order valence-electron chi connectivity index (χ1n) is 6.62. The van der Waals surface area contributed by atoms with Crippen molar-refractivity contribution < 1.29 is 5.11 Å². The zero-order chi connectivity index (χ0) is 12.3. The summed E-state index contributed by atoms with van der Waals surface area (Å²) in [4.78, 5) is 2.44. The Morgan fingerprint density at radius 1 is 1.35 bits per heavy atom. The molecule has 0 saturated carbocycles. The van der Waals surface area contributed by atoms with Crippen molar-refractivity contribution in [1.82, 2.24) is 0 Å². The predicted octanol–water partition coefficient (Wildman–Crippen LogP) is 2.85.